The van der Waals surface area contributed by atoms with E-state index in [-0.39, 0.29) is 0 Å². The lowest BCUT2D eigenvalue weighted by Gasteiger charge is -2.20. The highest BCUT2D eigenvalue weighted by molar-refractivity contribution is 4.98. The molecule has 1 nitrogen and oxygen atoms in total. The smallest absolute Gasteiger partial charge is 0.00175 e. The second-order valence-electron chi connectivity index (χ2n) is 3.11. The highest BCUT2D eigenvalue weighted by Gasteiger charge is 2.09. The minimum Gasteiger partial charge on any atom is -0.316 e. The second-order valence-corrected chi connectivity index (χ2v) is 3.11. The van der Waals surface area contributed by atoms with Crippen LogP contribution in [0.25, 0.3) is 0 Å². The molecule has 0 spiro atoms. The second kappa shape index (κ2) is 5.14. The van der Waals surface area contributed by atoms with Crippen molar-refractivity contribution in [2.45, 2.75) is 19.3 Å². The van der Waals surface area contributed by atoms with Crippen LogP contribution in [0.2, 0.25) is 0 Å². The van der Waals surface area contributed by atoms with E-state index in [1.54, 1.807) is 0 Å². The minimum atomic E-state index is 0.861. The molecular weight excluding hydrogens is 134 g/mol. The molecule has 1 rings (SSSR count). The Hall–Kier alpha value is -0.560. The lowest BCUT2D eigenvalue weighted by molar-refractivity contribution is 0.381. The van der Waals surface area contributed by atoms with E-state index in [0.29, 0.717) is 0 Å². The standard InChI is InChI=1S/C10H17N/c1-2-3-4-6-10-7-5-8-11-9-10/h2-4,10-11H,1,5-9H2. The normalized spacial score (nSPS) is 25.6. The Morgan fingerprint density at radius 1 is 1.55 bits per heavy atom. The average molecular weight is 151 g/mol. The fourth-order valence-electron chi connectivity index (χ4n) is 1.49. The first-order valence-electron chi connectivity index (χ1n) is 4.42. The highest BCUT2D eigenvalue weighted by atomic mass is 14.9. The number of rotatable bonds is 3. The first-order valence-corrected chi connectivity index (χ1v) is 4.42. The molecule has 1 N–H and O–H groups in total. The third kappa shape index (κ3) is 3.38. The van der Waals surface area contributed by atoms with Crippen molar-refractivity contribution < 1.29 is 0 Å². The van der Waals surface area contributed by atoms with Crippen LogP contribution in [0.4, 0.5) is 0 Å². The van der Waals surface area contributed by atoms with E-state index in [1.807, 2.05) is 12.2 Å². The van der Waals surface area contributed by atoms with E-state index in [2.05, 4.69) is 18.0 Å². The van der Waals surface area contributed by atoms with Crippen molar-refractivity contribution >= 4 is 0 Å². The van der Waals surface area contributed by atoms with Crippen LogP contribution in [0, 0.1) is 5.92 Å². The van der Waals surface area contributed by atoms with Crippen LogP contribution in [-0.2, 0) is 0 Å². The maximum absolute atomic E-state index is 3.64. The Kier molecular flexibility index (Phi) is 3.99. The Morgan fingerprint density at radius 2 is 2.45 bits per heavy atom. The summed E-state index contributed by atoms with van der Waals surface area (Å²) in [6.07, 6.45) is 10.0. The summed E-state index contributed by atoms with van der Waals surface area (Å²) in [5.74, 6) is 0.861. The van der Waals surface area contributed by atoms with Gasteiger partial charge in [-0.25, -0.2) is 0 Å². The van der Waals surface area contributed by atoms with Crippen molar-refractivity contribution in [2.75, 3.05) is 13.1 Å². The van der Waals surface area contributed by atoms with Gasteiger partial charge in [0.1, 0.15) is 0 Å². The molecule has 11 heavy (non-hydrogen) atoms. The molecule has 1 aliphatic rings. The summed E-state index contributed by atoms with van der Waals surface area (Å²) in [5.41, 5.74) is 0. The molecule has 1 aliphatic heterocycles. The molecule has 1 fully saturated rings. The zero-order valence-electron chi connectivity index (χ0n) is 7.05. The fraction of sp³-hybridized carbons (Fsp3) is 0.600. The molecule has 1 heterocycles. The van der Waals surface area contributed by atoms with Gasteiger partial charge in [0, 0.05) is 0 Å². The molecule has 1 saturated heterocycles. The Bertz CT molecular complexity index is 132. The van der Waals surface area contributed by atoms with Gasteiger partial charge in [-0.05, 0) is 38.3 Å². The lowest BCUT2D eigenvalue weighted by Crippen LogP contribution is -2.29. The van der Waals surface area contributed by atoms with E-state index in [0.717, 1.165) is 5.92 Å². The molecule has 0 radical (unpaired) electrons. The highest BCUT2D eigenvalue weighted by Crippen LogP contribution is 2.13. The molecule has 0 bridgehead atoms. The van der Waals surface area contributed by atoms with Crippen molar-refractivity contribution in [3.05, 3.63) is 24.8 Å². The molecule has 62 valence electrons. The number of piperidine rings is 1. The van der Waals surface area contributed by atoms with E-state index in [4.69, 9.17) is 0 Å². The van der Waals surface area contributed by atoms with E-state index >= 15 is 0 Å². The summed E-state index contributed by atoms with van der Waals surface area (Å²) in [4.78, 5) is 0. The number of allylic oxidation sites excluding steroid dienone is 3. The number of nitrogens with one attached hydrogen (secondary N) is 1. The Labute approximate surface area is 69.2 Å². The summed E-state index contributed by atoms with van der Waals surface area (Å²) in [6.45, 7) is 6.05. The summed E-state index contributed by atoms with van der Waals surface area (Å²) in [5, 5.41) is 3.40. The summed E-state index contributed by atoms with van der Waals surface area (Å²) < 4.78 is 0. The molecule has 0 aromatic carbocycles. The van der Waals surface area contributed by atoms with Gasteiger partial charge in [0.05, 0.1) is 0 Å². The topological polar surface area (TPSA) is 12.0 Å². The van der Waals surface area contributed by atoms with Gasteiger partial charge in [-0.1, -0.05) is 24.8 Å². The zero-order chi connectivity index (χ0) is 7.94. The van der Waals surface area contributed by atoms with Gasteiger partial charge in [0.2, 0.25) is 0 Å². The van der Waals surface area contributed by atoms with Crippen molar-refractivity contribution in [1.82, 2.24) is 5.32 Å². The van der Waals surface area contributed by atoms with Crippen molar-refractivity contribution in [3.63, 3.8) is 0 Å². The SMILES string of the molecule is C=CC=CCC1CCCNC1. The van der Waals surface area contributed by atoms with E-state index in [9.17, 15) is 0 Å². The monoisotopic (exact) mass is 151 g/mol. The molecule has 0 aliphatic carbocycles. The van der Waals surface area contributed by atoms with Gasteiger partial charge in [0.25, 0.3) is 0 Å². The summed E-state index contributed by atoms with van der Waals surface area (Å²) in [6, 6.07) is 0. The van der Waals surface area contributed by atoms with Crippen LogP contribution in [-0.4, -0.2) is 13.1 Å². The maximum Gasteiger partial charge on any atom is -0.00175 e. The van der Waals surface area contributed by atoms with Crippen LogP contribution >= 0.6 is 0 Å². The van der Waals surface area contributed by atoms with Gasteiger partial charge in [-0.3, -0.25) is 0 Å². The molecule has 1 atom stereocenters. The minimum absolute atomic E-state index is 0.861. The molecule has 1 heteroatoms. The van der Waals surface area contributed by atoms with Crippen LogP contribution in [0.15, 0.2) is 24.8 Å². The Morgan fingerprint density at radius 3 is 3.09 bits per heavy atom. The van der Waals surface area contributed by atoms with Crippen LogP contribution in [0.3, 0.4) is 0 Å². The van der Waals surface area contributed by atoms with Gasteiger partial charge >= 0.3 is 0 Å². The van der Waals surface area contributed by atoms with Gasteiger partial charge in [0.15, 0.2) is 0 Å². The molecule has 0 aromatic rings. The quantitative estimate of drug-likeness (QED) is 0.609. The third-order valence-electron chi connectivity index (χ3n) is 2.14. The van der Waals surface area contributed by atoms with Gasteiger partial charge < -0.3 is 5.32 Å². The average Bonchev–Trinajstić information content (AvgIpc) is 2.07. The Balaban J connectivity index is 2.14. The van der Waals surface area contributed by atoms with Gasteiger partial charge in [-0.2, -0.15) is 0 Å². The van der Waals surface area contributed by atoms with Crippen LogP contribution in [0.5, 0.6) is 0 Å². The number of hydrogen-bond donors (Lipinski definition) is 1. The molecular formula is C10H17N. The fourth-order valence-corrected chi connectivity index (χ4v) is 1.49. The number of hydrogen-bond acceptors (Lipinski definition) is 1. The predicted molar refractivity (Wildman–Crippen MR) is 49.5 cm³/mol. The van der Waals surface area contributed by atoms with Crippen molar-refractivity contribution in [2.24, 2.45) is 5.92 Å². The first-order chi connectivity index (χ1) is 5.43. The van der Waals surface area contributed by atoms with E-state index < -0.39 is 0 Å². The van der Waals surface area contributed by atoms with E-state index in [1.165, 1.54) is 32.4 Å². The van der Waals surface area contributed by atoms with Crippen molar-refractivity contribution in [3.8, 4) is 0 Å². The molecule has 1 unspecified atom stereocenters. The largest absolute Gasteiger partial charge is 0.316 e. The lowest BCUT2D eigenvalue weighted by atomic mass is 9.96. The van der Waals surface area contributed by atoms with Crippen molar-refractivity contribution in [1.29, 1.82) is 0 Å². The van der Waals surface area contributed by atoms with Crippen LogP contribution in [0.1, 0.15) is 19.3 Å². The molecule has 0 saturated carbocycles. The maximum atomic E-state index is 3.64. The zero-order valence-corrected chi connectivity index (χ0v) is 7.05. The van der Waals surface area contributed by atoms with Gasteiger partial charge in [-0.15, -0.1) is 0 Å². The third-order valence-corrected chi connectivity index (χ3v) is 2.14. The predicted octanol–water partition coefficient (Wildman–Crippen LogP) is 2.12. The molecule has 0 aromatic heterocycles. The van der Waals surface area contributed by atoms with Crippen LogP contribution < -0.4 is 5.32 Å². The first kappa shape index (κ1) is 8.54. The molecule has 0 amide bonds. The summed E-state index contributed by atoms with van der Waals surface area (Å²) in [7, 11) is 0. The summed E-state index contributed by atoms with van der Waals surface area (Å²) >= 11 is 0.